The highest BCUT2D eigenvalue weighted by molar-refractivity contribution is 5.83. The number of amides is 1. The van der Waals surface area contributed by atoms with Gasteiger partial charge in [0, 0.05) is 13.7 Å². The molecular formula is C14H16N2O2. The minimum absolute atomic E-state index is 0.118. The van der Waals surface area contributed by atoms with Crippen molar-refractivity contribution in [3.8, 4) is 6.07 Å². The van der Waals surface area contributed by atoms with Crippen LogP contribution >= 0.6 is 0 Å². The van der Waals surface area contributed by atoms with E-state index in [9.17, 15) is 4.79 Å². The first kappa shape index (κ1) is 12.6. The Bertz CT molecular complexity index is 453. The van der Waals surface area contributed by atoms with Crippen LogP contribution in [0.25, 0.3) is 0 Å². The molecule has 1 fully saturated rings. The fourth-order valence-corrected chi connectivity index (χ4v) is 2.32. The molecule has 1 aromatic rings. The molecule has 1 amide bonds. The molecule has 4 nitrogen and oxygen atoms in total. The van der Waals surface area contributed by atoms with E-state index in [1.165, 1.54) is 7.11 Å². The van der Waals surface area contributed by atoms with E-state index in [-0.39, 0.29) is 11.9 Å². The van der Waals surface area contributed by atoms with Crippen molar-refractivity contribution in [2.45, 2.75) is 25.0 Å². The maximum Gasteiger partial charge on any atom is 0.257 e. The zero-order chi connectivity index (χ0) is 13.0. The molecule has 0 N–H and O–H groups in total. The van der Waals surface area contributed by atoms with Crippen LogP contribution in [0.1, 0.15) is 24.5 Å². The molecule has 2 atom stereocenters. The highest BCUT2D eigenvalue weighted by Crippen LogP contribution is 2.24. The van der Waals surface area contributed by atoms with Gasteiger partial charge < -0.3 is 9.64 Å². The van der Waals surface area contributed by atoms with E-state index in [4.69, 9.17) is 10.00 Å². The largest absolute Gasteiger partial charge is 0.367 e. The number of rotatable bonds is 3. The van der Waals surface area contributed by atoms with Crippen LogP contribution in [0, 0.1) is 11.3 Å². The molecule has 1 aliphatic rings. The summed E-state index contributed by atoms with van der Waals surface area (Å²) >= 11 is 0. The lowest BCUT2D eigenvalue weighted by molar-refractivity contribution is -0.142. The maximum atomic E-state index is 12.4. The van der Waals surface area contributed by atoms with Gasteiger partial charge in [-0.2, -0.15) is 5.26 Å². The Morgan fingerprint density at radius 1 is 1.50 bits per heavy atom. The summed E-state index contributed by atoms with van der Waals surface area (Å²) in [6.07, 6.45) is 1.03. The lowest BCUT2D eigenvalue weighted by Crippen LogP contribution is -2.38. The van der Waals surface area contributed by atoms with Crippen LogP contribution < -0.4 is 0 Å². The predicted molar refractivity (Wildman–Crippen MR) is 66.5 cm³/mol. The van der Waals surface area contributed by atoms with Gasteiger partial charge in [-0.15, -0.1) is 0 Å². The Morgan fingerprint density at radius 2 is 2.22 bits per heavy atom. The van der Waals surface area contributed by atoms with Crippen molar-refractivity contribution in [1.82, 2.24) is 4.90 Å². The third kappa shape index (κ3) is 2.36. The number of methoxy groups -OCH3 is 1. The first-order valence-corrected chi connectivity index (χ1v) is 6.05. The van der Waals surface area contributed by atoms with Crippen molar-refractivity contribution < 1.29 is 9.53 Å². The van der Waals surface area contributed by atoms with Gasteiger partial charge in [0.15, 0.2) is 6.10 Å². The quantitative estimate of drug-likeness (QED) is 0.815. The van der Waals surface area contributed by atoms with Crippen LogP contribution in [0.2, 0.25) is 0 Å². The molecule has 18 heavy (non-hydrogen) atoms. The Labute approximate surface area is 107 Å². The summed E-state index contributed by atoms with van der Waals surface area (Å²) < 4.78 is 5.30. The standard InChI is InChI=1S/C14H16N2O2/c1-18-13(11-6-3-2-4-7-11)14(17)16-9-5-8-12(16)10-15/h2-4,6-7,12-13H,5,8-9H2,1H3. The number of hydrogen-bond donors (Lipinski definition) is 0. The van der Waals surface area contributed by atoms with Gasteiger partial charge in [0.25, 0.3) is 5.91 Å². The second kappa shape index (κ2) is 5.65. The number of nitriles is 1. The summed E-state index contributed by atoms with van der Waals surface area (Å²) in [5.74, 6) is -0.118. The molecular weight excluding hydrogens is 228 g/mol. The molecule has 2 unspecified atom stereocenters. The van der Waals surface area contributed by atoms with E-state index in [1.54, 1.807) is 4.90 Å². The van der Waals surface area contributed by atoms with E-state index in [0.717, 1.165) is 18.4 Å². The van der Waals surface area contributed by atoms with Gasteiger partial charge in [0.05, 0.1) is 6.07 Å². The fourth-order valence-electron chi connectivity index (χ4n) is 2.32. The molecule has 0 aliphatic carbocycles. The Morgan fingerprint density at radius 3 is 2.83 bits per heavy atom. The van der Waals surface area contributed by atoms with Crippen LogP contribution in [-0.2, 0) is 9.53 Å². The van der Waals surface area contributed by atoms with Crippen molar-refractivity contribution in [2.75, 3.05) is 13.7 Å². The van der Waals surface area contributed by atoms with Gasteiger partial charge in [-0.1, -0.05) is 30.3 Å². The monoisotopic (exact) mass is 244 g/mol. The molecule has 4 heteroatoms. The summed E-state index contributed by atoms with van der Waals surface area (Å²) in [4.78, 5) is 14.0. The average Bonchev–Trinajstić information content (AvgIpc) is 2.89. The topological polar surface area (TPSA) is 53.3 Å². The van der Waals surface area contributed by atoms with E-state index in [2.05, 4.69) is 6.07 Å². The van der Waals surface area contributed by atoms with Gasteiger partial charge in [0.1, 0.15) is 6.04 Å². The zero-order valence-electron chi connectivity index (χ0n) is 10.4. The number of carbonyl (C=O) groups is 1. The molecule has 94 valence electrons. The van der Waals surface area contributed by atoms with Gasteiger partial charge in [-0.05, 0) is 18.4 Å². The molecule has 1 heterocycles. The van der Waals surface area contributed by atoms with Crippen LogP contribution in [0.4, 0.5) is 0 Å². The van der Waals surface area contributed by atoms with Crippen molar-refractivity contribution in [1.29, 1.82) is 5.26 Å². The van der Waals surface area contributed by atoms with Gasteiger partial charge in [-0.25, -0.2) is 0 Å². The number of nitrogens with zero attached hydrogens (tertiary/aromatic N) is 2. The number of hydrogen-bond acceptors (Lipinski definition) is 3. The number of likely N-dealkylation sites (tertiary alicyclic amines) is 1. The van der Waals surface area contributed by atoms with E-state index in [1.807, 2.05) is 30.3 Å². The Balaban J connectivity index is 2.19. The van der Waals surface area contributed by atoms with Gasteiger partial charge in [-0.3, -0.25) is 4.79 Å². The highest BCUT2D eigenvalue weighted by Gasteiger charge is 2.33. The minimum Gasteiger partial charge on any atom is -0.367 e. The van der Waals surface area contributed by atoms with E-state index >= 15 is 0 Å². The van der Waals surface area contributed by atoms with Crippen molar-refractivity contribution >= 4 is 5.91 Å². The molecule has 0 saturated carbocycles. The van der Waals surface area contributed by atoms with Crippen LogP contribution in [-0.4, -0.2) is 30.5 Å². The zero-order valence-corrected chi connectivity index (χ0v) is 10.4. The summed E-state index contributed by atoms with van der Waals surface area (Å²) in [7, 11) is 1.52. The molecule has 0 radical (unpaired) electrons. The first-order valence-electron chi connectivity index (χ1n) is 6.05. The average molecular weight is 244 g/mol. The lowest BCUT2D eigenvalue weighted by Gasteiger charge is -2.24. The third-order valence-electron chi connectivity index (χ3n) is 3.25. The van der Waals surface area contributed by atoms with Crippen LogP contribution in [0.3, 0.4) is 0 Å². The number of benzene rings is 1. The van der Waals surface area contributed by atoms with Crippen molar-refractivity contribution in [2.24, 2.45) is 0 Å². The molecule has 1 saturated heterocycles. The second-order valence-electron chi connectivity index (χ2n) is 4.35. The van der Waals surface area contributed by atoms with Crippen molar-refractivity contribution in [3.05, 3.63) is 35.9 Å². The predicted octanol–water partition coefficient (Wildman–Crippen LogP) is 1.89. The first-order chi connectivity index (χ1) is 8.77. The van der Waals surface area contributed by atoms with Gasteiger partial charge in [0.2, 0.25) is 0 Å². The number of carbonyl (C=O) groups excluding carboxylic acids is 1. The third-order valence-corrected chi connectivity index (χ3v) is 3.25. The van der Waals surface area contributed by atoms with Crippen LogP contribution in [0.15, 0.2) is 30.3 Å². The SMILES string of the molecule is COC(C(=O)N1CCCC1C#N)c1ccccc1. The molecule has 1 aromatic carbocycles. The highest BCUT2D eigenvalue weighted by atomic mass is 16.5. The summed E-state index contributed by atoms with van der Waals surface area (Å²) in [6.45, 7) is 0.643. The smallest absolute Gasteiger partial charge is 0.257 e. The van der Waals surface area contributed by atoms with Crippen molar-refractivity contribution in [3.63, 3.8) is 0 Å². The Hall–Kier alpha value is -1.86. The minimum atomic E-state index is -0.611. The molecule has 1 aliphatic heterocycles. The van der Waals surface area contributed by atoms with Crippen LogP contribution in [0.5, 0.6) is 0 Å². The second-order valence-corrected chi connectivity index (χ2v) is 4.35. The maximum absolute atomic E-state index is 12.4. The van der Waals surface area contributed by atoms with E-state index < -0.39 is 6.10 Å². The molecule has 0 spiro atoms. The van der Waals surface area contributed by atoms with E-state index in [0.29, 0.717) is 6.54 Å². The number of ether oxygens (including phenoxy) is 1. The normalized spacial score (nSPS) is 20.4. The molecule has 0 aromatic heterocycles. The summed E-state index contributed by atoms with van der Waals surface area (Å²) in [6, 6.07) is 11.2. The fraction of sp³-hybridized carbons (Fsp3) is 0.429. The lowest BCUT2D eigenvalue weighted by atomic mass is 10.1. The Kier molecular flexibility index (Phi) is 3.96. The van der Waals surface area contributed by atoms with Gasteiger partial charge >= 0.3 is 0 Å². The summed E-state index contributed by atoms with van der Waals surface area (Å²) in [5, 5.41) is 9.03. The molecule has 0 bridgehead atoms. The summed E-state index contributed by atoms with van der Waals surface area (Å²) in [5.41, 5.74) is 0.827. The molecule has 2 rings (SSSR count).